The summed E-state index contributed by atoms with van der Waals surface area (Å²) in [6.07, 6.45) is 3.41. The molecule has 0 spiro atoms. The molecule has 0 saturated carbocycles. The first kappa shape index (κ1) is 15.7. The molecule has 0 radical (unpaired) electrons. The highest BCUT2D eigenvalue weighted by Crippen LogP contribution is 1.98. The average Bonchev–Trinajstić information content (AvgIpc) is 2.55. The van der Waals surface area contributed by atoms with Gasteiger partial charge >= 0.3 is 0 Å². The van der Waals surface area contributed by atoms with Crippen LogP contribution in [0.4, 0.5) is 0 Å². The smallest absolute Gasteiger partial charge is 0.000834 e. The predicted molar refractivity (Wildman–Crippen MR) is 90.6 cm³/mol. The van der Waals surface area contributed by atoms with E-state index in [-0.39, 0.29) is 0 Å². The molecular weight excluding hydrogens is 256 g/mol. The lowest BCUT2D eigenvalue weighted by Gasteiger charge is -2.07. The fourth-order valence-corrected chi connectivity index (χ4v) is 2.34. The van der Waals surface area contributed by atoms with Crippen LogP contribution in [0, 0.1) is 0 Å². The zero-order chi connectivity index (χ0) is 14.6. The molecule has 2 rings (SSSR count). The number of nitrogens with one attached hydrogen (secondary N) is 2. The Labute approximate surface area is 128 Å². The number of rotatable bonds is 10. The first-order valence-corrected chi connectivity index (χ1v) is 7.94. The van der Waals surface area contributed by atoms with Gasteiger partial charge in [0.05, 0.1) is 0 Å². The molecule has 0 aliphatic heterocycles. The quantitative estimate of drug-likeness (QED) is 0.655. The molecule has 0 aliphatic carbocycles. The van der Waals surface area contributed by atoms with Crippen molar-refractivity contribution in [1.29, 1.82) is 0 Å². The van der Waals surface area contributed by atoms with Crippen molar-refractivity contribution in [2.24, 2.45) is 0 Å². The minimum absolute atomic E-state index is 1.06. The highest BCUT2D eigenvalue weighted by molar-refractivity contribution is 5.15. The Morgan fingerprint density at radius 2 is 0.952 bits per heavy atom. The Bertz CT molecular complexity index is 422. The van der Waals surface area contributed by atoms with E-state index in [1.165, 1.54) is 17.5 Å². The molecule has 0 aliphatic rings. The molecule has 21 heavy (non-hydrogen) atoms. The molecule has 2 aromatic rings. The largest absolute Gasteiger partial charge is 0.316 e. The summed E-state index contributed by atoms with van der Waals surface area (Å²) in [7, 11) is 0. The molecule has 2 nitrogen and oxygen atoms in total. The van der Waals surface area contributed by atoms with E-state index in [9.17, 15) is 0 Å². The van der Waals surface area contributed by atoms with E-state index < -0.39 is 0 Å². The third-order valence-electron chi connectivity index (χ3n) is 3.57. The average molecular weight is 282 g/mol. The minimum Gasteiger partial charge on any atom is -0.316 e. The van der Waals surface area contributed by atoms with Crippen LogP contribution in [0.5, 0.6) is 0 Å². The molecule has 0 saturated heterocycles. The predicted octanol–water partition coefficient (Wildman–Crippen LogP) is 3.04. The summed E-state index contributed by atoms with van der Waals surface area (Å²) in [6.45, 7) is 4.30. The van der Waals surface area contributed by atoms with Gasteiger partial charge in [0.15, 0.2) is 0 Å². The molecule has 2 aromatic carbocycles. The molecule has 0 amide bonds. The van der Waals surface area contributed by atoms with Crippen molar-refractivity contribution in [3.8, 4) is 0 Å². The van der Waals surface area contributed by atoms with Crippen molar-refractivity contribution in [2.75, 3.05) is 26.2 Å². The zero-order valence-corrected chi connectivity index (χ0v) is 12.7. The molecule has 2 N–H and O–H groups in total. The Morgan fingerprint density at radius 1 is 0.524 bits per heavy atom. The van der Waals surface area contributed by atoms with E-state index in [0.29, 0.717) is 0 Å². The Kier molecular flexibility index (Phi) is 7.60. The third-order valence-corrected chi connectivity index (χ3v) is 3.57. The van der Waals surface area contributed by atoms with E-state index in [4.69, 9.17) is 0 Å². The SMILES string of the molecule is c1ccc(CCNCCCNCCc2ccccc2)cc1. The summed E-state index contributed by atoms with van der Waals surface area (Å²) in [5.74, 6) is 0. The van der Waals surface area contributed by atoms with Gasteiger partial charge in [0.25, 0.3) is 0 Å². The van der Waals surface area contributed by atoms with E-state index >= 15 is 0 Å². The standard InChI is InChI=1S/C19H26N2/c1-3-8-18(9-4-1)12-16-20-14-7-15-21-17-13-19-10-5-2-6-11-19/h1-6,8-11,20-21H,7,12-17H2. The van der Waals surface area contributed by atoms with Crippen LogP contribution in [0.15, 0.2) is 60.7 Å². The van der Waals surface area contributed by atoms with Gasteiger partial charge in [0, 0.05) is 0 Å². The Hall–Kier alpha value is -1.64. The second kappa shape index (κ2) is 10.1. The van der Waals surface area contributed by atoms with E-state index in [1.807, 2.05) is 0 Å². The number of hydrogen-bond donors (Lipinski definition) is 2. The monoisotopic (exact) mass is 282 g/mol. The van der Waals surface area contributed by atoms with Gasteiger partial charge in [0.1, 0.15) is 0 Å². The van der Waals surface area contributed by atoms with Gasteiger partial charge in [-0.1, -0.05) is 60.7 Å². The maximum atomic E-state index is 3.50. The van der Waals surface area contributed by atoms with Crippen LogP contribution in [0.3, 0.4) is 0 Å². The van der Waals surface area contributed by atoms with Gasteiger partial charge in [-0.05, 0) is 56.6 Å². The van der Waals surface area contributed by atoms with E-state index in [2.05, 4.69) is 71.3 Å². The van der Waals surface area contributed by atoms with Gasteiger partial charge in [-0.25, -0.2) is 0 Å². The molecule has 112 valence electrons. The second-order valence-corrected chi connectivity index (χ2v) is 5.32. The van der Waals surface area contributed by atoms with Crippen LogP contribution in [-0.2, 0) is 12.8 Å². The Balaban J connectivity index is 1.40. The highest BCUT2D eigenvalue weighted by atomic mass is 14.9. The van der Waals surface area contributed by atoms with Crippen molar-refractivity contribution in [2.45, 2.75) is 19.3 Å². The van der Waals surface area contributed by atoms with Crippen molar-refractivity contribution >= 4 is 0 Å². The normalized spacial score (nSPS) is 10.7. The molecule has 0 atom stereocenters. The summed E-state index contributed by atoms with van der Waals surface area (Å²) >= 11 is 0. The maximum Gasteiger partial charge on any atom is -0.000834 e. The van der Waals surface area contributed by atoms with Crippen LogP contribution in [0.25, 0.3) is 0 Å². The Morgan fingerprint density at radius 3 is 1.38 bits per heavy atom. The lowest BCUT2D eigenvalue weighted by atomic mass is 10.1. The maximum absolute atomic E-state index is 3.50. The molecule has 0 heterocycles. The lowest BCUT2D eigenvalue weighted by molar-refractivity contribution is 0.596. The lowest BCUT2D eigenvalue weighted by Crippen LogP contribution is -2.24. The van der Waals surface area contributed by atoms with Crippen LogP contribution >= 0.6 is 0 Å². The second-order valence-electron chi connectivity index (χ2n) is 5.32. The van der Waals surface area contributed by atoms with Gasteiger partial charge in [-0.15, -0.1) is 0 Å². The molecule has 0 fully saturated rings. The van der Waals surface area contributed by atoms with Crippen molar-refractivity contribution in [3.05, 3.63) is 71.8 Å². The van der Waals surface area contributed by atoms with Crippen molar-refractivity contribution in [1.82, 2.24) is 10.6 Å². The summed E-state index contributed by atoms with van der Waals surface area (Å²) < 4.78 is 0. The molecule has 0 bridgehead atoms. The summed E-state index contributed by atoms with van der Waals surface area (Å²) in [4.78, 5) is 0. The van der Waals surface area contributed by atoms with Crippen LogP contribution < -0.4 is 10.6 Å². The minimum atomic E-state index is 1.06. The number of hydrogen-bond acceptors (Lipinski definition) is 2. The topological polar surface area (TPSA) is 24.1 Å². The molecule has 0 unspecified atom stereocenters. The van der Waals surface area contributed by atoms with E-state index in [1.54, 1.807) is 0 Å². The summed E-state index contributed by atoms with van der Waals surface area (Å²) in [6, 6.07) is 21.3. The van der Waals surface area contributed by atoms with Gasteiger partial charge in [-0.2, -0.15) is 0 Å². The fraction of sp³-hybridized carbons (Fsp3) is 0.368. The first-order valence-electron chi connectivity index (χ1n) is 7.94. The van der Waals surface area contributed by atoms with Crippen molar-refractivity contribution < 1.29 is 0 Å². The summed E-state index contributed by atoms with van der Waals surface area (Å²) in [5.41, 5.74) is 2.82. The van der Waals surface area contributed by atoms with Crippen molar-refractivity contribution in [3.63, 3.8) is 0 Å². The van der Waals surface area contributed by atoms with Gasteiger partial charge in [-0.3, -0.25) is 0 Å². The fourth-order valence-electron chi connectivity index (χ4n) is 2.34. The third kappa shape index (κ3) is 7.07. The molecule has 2 heteroatoms. The van der Waals surface area contributed by atoms with Crippen LogP contribution in [0.2, 0.25) is 0 Å². The van der Waals surface area contributed by atoms with Gasteiger partial charge < -0.3 is 10.6 Å². The highest BCUT2D eigenvalue weighted by Gasteiger charge is 1.93. The van der Waals surface area contributed by atoms with Gasteiger partial charge in [0.2, 0.25) is 0 Å². The van der Waals surface area contributed by atoms with E-state index in [0.717, 1.165) is 39.0 Å². The van der Waals surface area contributed by atoms with Crippen LogP contribution in [-0.4, -0.2) is 26.2 Å². The summed E-state index contributed by atoms with van der Waals surface area (Å²) in [5, 5.41) is 7.00. The molecular formula is C19H26N2. The zero-order valence-electron chi connectivity index (χ0n) is 12.7. The molecule has 0 aromatic heterocycles. The van der Waals surface area contributed by atoms with Crippen LogP contribution in [0.1, 0.15) is 17.5 Å². The first-order chi connectivity index (χ1) is 10.4. The number of benzene rings is 2.